The van der Waals surface area contributed by atoms with E-state index in [0.29, 0.717) is 6.54 Å². The van der Waals surface area contributed by atoms with Gasteiger partial charge in [-0.3, -0.25) is 0 Å². The fourth-order valence-corrected chi connectivity index (χ4v) is 2.25. The minimum absolute atomic E-state index is 0.0631. The third-order valence-corrected chi connectivity index (χ3v) is 3.56. The predicted octanol–water partition coefficient (Wildman–Crippen LogP) is 1.19. The van der Waals surface area contributed by atoms with Crippen molar-refractivity contribution in [1.82, 2.24) is 0 Å². The SMILES string of the molecule is C[C@H](N)c1ccccc1N(C)CCS(C)(=O)=O. The maximum absolute atomic E-state index is 11.1. The summed E-state index contributed by atoms with van der Waals surface area (Å²) < 4.78 is 22.3. The average Bonchev–Trinajstić information content (AvgIpc) is 2.25. The molecule has 0 aliphatic heterocycles. The number of rotatable bonds is 5. The van der Waals surface area contributed by atoms with Crippen LogP contribution in [-0.4, -0.2) is 34.0 Å². The third-order valence-electron chi connectivity index (χ3n) is 2.64. The third kappa shape index (κ3) is 4.36. The van der Waals surface area contributed by atoms with Gasteiger partial charge in [0.25, 0.3) is 0 Å². The van der Waals surface area contributed by atoms with E-state index in [1.807, 2.05) is 43.1 Å². The molecule has 17 heavy (non-hydrogen) atoms. The van der Waals surface area contributed by atoms with E-state index < -0.39 is 9.84 Å². The summed E-state index contributed by atoms with van der Waals surface area (Å²) in [5, 5.41) is 0. The molecule has 1 rings (SSSR count). The highest BCUT2D eigenvalue weighted by Gasteiger charge is 2.11. The molecule has 0 aliphatic rings. The number of sulfone groups is 1. The molecule has 1 aromatic rings. The van der Waals surface area contributed by atoms with Crippen LogP contribution in [0.25, 0.3) is 0 Å². The highest BCUT2D eigenvalue weighted by molar-refractivity contribution is 7.90. The lowest BCUT2D eigenvalue weighted by molar-refractivity contribution is 0.601. The van der Waals surface area contributed by atoms with E-state index in [1.165, 1.54) is 6.26 Å². The molecule has 0 unspecified atom stereocenters. The van der Waals surface area contributed by atoms with Crippen molar-refractivity contribution >= 4 is 15.5 Å². The van der Waals surface area contributed by atoms with Gasteiger partial charge in [0.1, 0.15) is 9.84 Å². The Kier molecular flexibility index (Phi) is 4.54. The van der Waals surface area contributed by atoms with Gasteiger partial charge >= 0.3 is 0 Å². The molecule has 2 N–H and O–H groups in total. The fourth-order valence-electron chi connectivity index (χ4n) is 1.64. The summed E-state index contributed by atoms with van der Waals surface area (Å²) in [7, 11) is -1.05. The first kappa shape index (κ1) is 14.0. The summed E-state index contributed by atoms with van der Waals surface area (Å²) in [4.78, 5) is 1.93. The van der Waals surface area contributed by atoms with Crippen LogP contribution >= 0.6 is 0 Å². The molecule has 0 radical (unpaired) electrons. The van der Waals surface area contributed by atoms with Crippen LogP contribution in [0, 0.1) is 0 Å². The summed E-state index contributed by atoms with van der Waals surface area (Å²) in [6.07, 6.45) is 1.25. The van der Waals surface area contributed by atoms with Crippen molar-refractivity contribution in [2.24, 2.45) is 5.73 Å². The van der Waals surface area contributed by atoms with Crippen molar-refractivity contribution in [3.8, 4) is 0 Å². The zero-order valence-corrected chi connectivity index (χ0v) is 11.4. The van der Waals surface area contributed by atoms with Crippen molar-refractivity contribution in [2.45, 2.75) is 13.0 Å². The lowest BCUT2D eigenvalue weighted by atomic mass is 10.1. The van der Waals surface area contributed by atoms with Gasteiger partial charge in [-0.1, -0.05) is 18.2 Å². The van der Waals surface area contributed by atoms with Gasteiger partial charge in [0, 0.05) is 31.6 Å². The molecule has 0 aromatic heterocycles. The standard InChI is InChI=1S/C12H20N2O2S/c1-10(13)11-6-4-5-7-12(11)14(2)8-9-17(3,15)16/h4-7,10H,8-9,13H2,1-3H3/t10-/m0/s1. The zero-order valence-electron chi connectivity index (χ0n) is 10.6. The molecular formula is C12H20N2O2S. The van der Waals surface area contributed by atoms with E-state index in [1.54, 1.807) is 0 Å². The quantitative estimate of drug-likeness (QED) is 0.859. The highest BCUT2D eigenvalue weighted by Crippen LogP contribution is 2.23. The van der Waals surface area contributed by atoms with Crippen molar-refractivity contribution in [3.63, 3.8) is 0 Å². The Balaban J connectivity index is 2.85. The van der Waals surface area contributed by atoms with Gasteiger partial charge in [0.05, 0.1) is 5.75 Å². The van der Waals surface area contributed by atoms with Crippen LogP contribution in [0.15, 0.2) is 24.3 Å². The molecule has 0 amide bonds. The molecule has 4 nitrogen and oxygen atoms in total. The summed E-state index contributed by atoms with van der Waals surface area (Å²) in [5.41, 5.74) is 7.91. The summed E-state index contributed by atoms with van der Waals surface area (Å²) >= 11 is 0. The largest absolute Gasteiger partial charge is 0.373 e. The molecule has 96 valence electrons. The number of benzene rings is 1. The summed E-state index contributed by atoms with van der Waals surface area (Å²) in [6.45, 7) is 2.39. The molecule has 0 saturated carbocycles. The summed E-state index contributed by atoms with van der Waals surface area (Å²) in [6, 6.07) is 7.73. The lowest BCUT2D eigenvalue weighted by Gasteiger charge is -2.23. The molecule has 0 saturated heterocycles. The van der Waals surface area contributed by atoms with Gasteiger partial charge in [-0.2, -0.15) is 0 Å². The minimum atomic E-state index is -2.93. The van der Waals surface area contributed by atoms with Crippen LogP contribution < -0.4 is 10.6 Å². The number of anilines is 1. The molecule has 0 fully saturated rings. The van der Waals surface area contributed by atoms with Crippen LogP contribution in [0.4, 0.5) is 5.69 Å². The number of hydrogen-bond acceptors (Lipinski definition) is 4. The van der Waals surface area contributed by atoms with E-state index >= 15 is 0 Å². The smallest absolute Gasteiger partial charge is 0.149 e. The Hall–Kier alpha value is -1.07. The van der Waals surface area contributed by atoms with Gasteiger partial charge < -0.3 is 10.6 Å². The van der Waals surface area contributed by atoms with E-state index in [4.69, 9.17) is 5.73 Å². The van der Waals surface area contributed by atoms with Crippen LogP contribution in [0.1, 0.15) is 18.5 Å². The lowest BCUT2D eigenvalue weighted by Crippen LogP contribution is -2.26. The van der Waals surface area contributed by atoms with E-state index in [2.05, 4.69) is 0 Å². The van der Waals surface area contributed by atoms with Gasteiger partial charge in [0.15, 0.2) is 0 Å². The average molecular weight is 256 g/mol. The first-order valence-corrected chi connectivity index (χ1v) is 7.60. The number of para-hydroxylation sites is 1. The Morgan fingerprint density at radius 2 is 1.94 bits per heavy atom. The second-order valence-electron chi connectivity index (χ2n) is 4.40. The maximum atomic E-state index is 11.1. The Bertz CT molecular complexity index is 469. The summed E-state index contributed by atoms with van der Waals surface area (Å²) in [5.74, 6) is 0.150. The number of hydrogen-bond donors (Lipinski definition) is 1. The van der Waals surface area contributed by atoms with Crippen molar-refractivity contribution in [2.75, 3.05) is 30.5 Å². The van der Waals surface area contributed by atoms with Crippen LogP contribution in [-0.2, 0) is 9.84 Å². The topological polar surface area (TPSA) is 63.4 Å². The Morgan fingerprint density at radius 1 is 1.35 bits per heavy atom. The zero-order chi connectivity index (χ0) is 13.1. The number of nitrogens with two attached hydrogens (primary N) is 1. The van der Waals surface area contributed by atoms with Crippen LogP contribution in [0.5, 0.6) is 0 Å². The molecule has 0 bridgehead atoms. The fraction of sp³-hybridized carbons (Fsp3) is 0.500. The first-order chi connectivity index (χ1) is 7.81. The van der Waals surface area contributed by atoms with Gasteiger partial charge in [0.2, 0.25) is 0 Å². The van der Waals surface area contributed by atoms with Crippen LogP contribution in [0.2, 0.25) is 0 Å². The van der Waals surface area contributed by atoms with Crippen molar-refractivity contribution < 1.29 is 8.42 Å². The number of nitrogens with zero attached hydrogens (tertiary/aromatic N) is 1. The molecule has 0 heterocycles. The molecule has 0 aliphatic carbocycles. The molecule has 1 aromatic carbocycles. The molecule has 1 atom stereocenters. The van der Waals surface area contributed by atoms with Gasteiger partial charge in [-0.25, -0.2) is 8.42 Å². The van der Waals surface area contributed by atoms with E-state index in [0.717, 1.165) is 11.3 Å². The second-order valence-corrected chi connectivity index (χ2v) is 6.66. The van der Waals surface area contributed by atoms with Crippen molar-refractivity contribution in [1.29, 1.82) is 0 Å². The van der Waals surface area contributed by atoms with Crippen LogP contribution in [0.3, 0.4) is 0 Å². The minimum Gasteiger partial charge on any atom is -0.373 e. The Morgan fingerprint density at radius 3 is 2.47 bits per heavy atom. The van der Waals surface area contributed by atoms with Gasteiger partial charge in [-0.05, 0) is 18.6 Å². The normalized spacial score (nSPS) is 13.4. The first-order valence-electron chi connectivity index (χ1n) is 5.54. The second kappa shape index (κ2) is 5.51. The molecule has 0 spiro atoms. The Labute approximate surface area is 103 Å². The van der Waals surface area contributed by atoms with E-state index in [-0.39, 0.29) is 11.8 Å². The molecule has 5 heteroatoms. The monoisotopic (exact) mass is 256 g/mol. The van der Waals surface area contributed by atoms with E-state index in [9.17, 15) is 8.42 Å². The highest BCUT2D eigenvalue weighted by atomic mass is 32.2. The molecular weight excluding hydrogens is 236 g/mol. The van der Waals surface area contributed by atoms with Crippen molar-refractivity contribution in [3.05, 3.63) is 29.8 Å². The predicted molar refractivity (Wildman–Crippen MR) is 72.0 cm³/mol. The van der Waals surface area contributed by atoms with Gasteiger partial charge in [-0.15, -0.1) is 0 Å². The maximum Gasteiger partial charge on any atom is 0.149 e.